The van der Waals surface area contributed by atoms with Crippen molar-refractivity contribution in [3.63, 3.8) is 0 Å². The molecule has 2 aliphatic rings. The number of hydrogen-bond donors (Lipinski definition) is 2. The van der Waals surface area contributed by atoms with Crippen molar-refractivity contribution in [2.75, 3.05) is 6.61 Å². The number of esters is 1. The Morgan fingerprint density at radius 3 is 2.31 bits per heavy atom. The molecule has 3 rings (SSSR count). The van der Waals surface area contributed by atoms with Gasteiger partial charge >= 0.3 is 13.8 Å². The molecule has 0 aliphatic heterocycles. The molecular weight excluding hydrogens is 587 g/mol. The molecule has 2 N–H and O–H groups in total. The van der Waals surface area contributed by atoms with Crippen molar-refractivity contribution in [1.82, 2.24) is 0 Å². The number of hydrogen-bond acceptors (Lipinski definition) is 6. The summed E-state index contributed by atoms with van der Waals surface area (Å²) in [5.41, 5.74) is 2.08. The Morgan fingerprint density at radius 2 is 1.64 bits per heavy atom. The topological polar surface area (TPSA) is 102 Å². The third-order valence-electron chi connectivity index (χ3n) is 9.49. The molecule has 3 atom stereocenters. The Labute approximate surface area is 272 Å². The molecule has 0 spiro atoms. The van der Waals surface area contributed by atoms with Crippen molar-refractivity contribution in [3.8, 4) is 11.5 Å². The number of aryl methyl sites for hydroxylation is 1. The van der Waals surface area contributed by atoms with E-state index in [0.29, 0.717) is 30.6 Å². The zero-order valence-corrected chi connectivity index (χ0v) is 29.3. The molecule has 1 unspecified atom stereocenters. The Bertz CT molecular complexity index is 1180. The Hall–Kier alpha value is -1.92. The maximum Gasteiger partial charge on any atom is 0.473 e. The predicted molar refractivity (Wildman–Crippen MR) is 182 cm³/mol. The number of unbranched alkanes of at least 4 members (excludes halogenated alkanes) is 8. The predicted octanol–water partition coefficient (Wildman–Crippen LogP) is 10.6. The highest BCUT2D eigenvalue weighted by atomic mass is 31.2. The van der Waals surface area contributed by atoms with Crippen molar-refractivity contribution in [3.05, 3.63) is 47.1 Å². The third kappa shape index (κ3) is 11.4. The largest absolute Gasteiger partial charge is 0.507 e. The van der Waals surface area contributed by atoms with Crippen LogP contribution < -0.4 is 4.74 Å². The van der Waals surface area contributed by atoms with Crippen LogP contribution in [0.15, 0.2) is 35.9 Å². The first-order chi connectivity index (χ1) is 21.5. The van der Waals surface area contributed by atoms with Crippen LogP contribution in [0.1, 0.15) is 154 Å². The average Bonchev–Trinajstić information content (AvgIpc) is 2.98. The van der Waals surface area contributed by atoms with Crippen LogP contribution in [0.4, 0.5) is 0 Å². The number of benzene rings is 1. The van der Waals surface area contributed by atoms with Crippen LogP contribution in [0.3, 0.4) is 0 Å². The van der Waals surface area contributed by atoms with Crippen LogP contribution in [0, 0.1) is 5.92 Å². The van der Waals surface area contributed by atoms with E-state index in [1.54, 1.807) is 6.07 Å². The van der Waals surface area contributed by atoms with Gasteiger partial charge in [-0.25, -0.2) is 9.36 Å². The van der Waals surface area contributed by atoms with Crippen LogP contribution in [0.5, 0.6) is 11.5 Å². The zero-order valence-electron chi connectivity index (χ0n) is 28.4. The molecule has 0 saturated heterocycles. The van der Waals surface area contributed by atoms with Crippen molar-refractivity contribution in [2.24, 2.45) is 5.92 Å². The lowest BCUT2D eigenvalue weighted by Crippen LogP contribution is -2.45. The Morgan fingerprint density at radius 1 is 1.00 bits per heavy atom. The number of phosphoric ester groups is 1. The van der Waals surface area contributed by atoms with Crippen molar-refractivity contribution in [1.29, 1.82) is 0 Å². The molecule has 0 aromatic heterocycles. The van der Waals surface area contributed by atoms with Gasteiger partial charge in [0, 0.05) is 11.5 Å². The number of rotatable bonds is 19. The minimum atomic E-state index is -4.53. The fraction of sp³-hybridized carbons (Fsp3) is 0.703. The van der Waals surface area contributed by atoms with Crippen molar-refractivity contribution < 1.29 is 33.1 Å². The number of phosphoric acid groups is 1. The van der Waals surface area contributed by atoms with E-state index in [4.69, 9.17) is 13.8 Å². The van der Waals surface area contributed by atoms with E-state index in [-0.39, 0.29) is 37.0 Å². The summed E-state index contributed by atoms with van der Waals surface area (Å²) in [5, 5.41) is 11.5. The summed E-state index contributed by atoms with van der Waals surface area (Å²) >= 11 is 0. The SMILES string of the molecule is C=C(C)[C@@H]1CCC(C)=C[C@H]1c1c(O)cc(CCCCC)cc1OC(=O)C1(OP(=O)(O)OCCCCCCCCC)CCCCC1. The second-order valence-electron chi connectivity index (χ2n) is 13.5. The summed E-state index contributed by atoms with van der Waals surface area (Å²) in [6.45, 7) is 12.7. The molecule has 45 heavy (non-hydrogen) atoms. The van der Waals surface area contributed by atoms with Gasteiger partial charge in [-0.3, -0.25) is 9.05 Å². The highest BCUT2D eigenvalue weighted by Gasteiger charge is 2.48. The van der Waals surface area contributed by atoms with Crippen LogP contribution in [-0.4, -0.2) is 28.2 Å². The molecule has 1 fully saturated rings. The number of carbonyl (C=O) groups is 1. The second-order valence-corrected chi connectivity index (χ2v) is 14.9. The van der Waals surface area contributed by atoms with Gasteiger partial charge in [0.1, 0.15) is 11.5 Å². The van der Waals surface area contributed by atoms with E-state index in [0.717, 1.165) is 75.3 Å². The normalized spacial score (nSPS) is 21.1. The fourth-order valence-corrected chi connectivity index (χ4v) is 7.96. The number of phenolic OH excluding ortho intramolecular Hbond substituents is 1. The molecular formula is C37H59O7P. The summed E-state index contributed by atoms with van der Waals surface area (Å²) in [5.74, 6) is -0.440. The van der Waals surface area contributed by atoms with Gasteiger partial charge in [-0.1, -0.05) is 95.4 Å². The highest BCUT2D eigenvalue weighted by Crippen LogP contribution is 2.52. The van der Waals surface area contributed by atoms with E-state index in [1.807, 2.05) is 13.0 Å². The number of carbonyl (C=O) groups excluding carboxylic acids is 1. The minimum Gasteiger partial charge on any atom is -0.507 e. The lowest BCUT2D eigenvalue weighted by Gasteiger charge is -2.36. The monoisotopic (exact) mass is 646 g/mol. The van der Waals surface area contributed by atoms with Crippen molar-refractivity contribution >= 4 is 13.8 Å². The number of aromatic hydroxyl groups is 1. The van der Waals surface area contributed by atoms with Crippen LogP contribution in [0.25, 0.3) is 0 Å². The summed E-state index contributed by atoms with van der Waals surface area (Å²) in [7, 11) is -4.53. The van der Waals surface area contributed by atoms with E-state index in [9.17, 15) is 19.4 Å². The lowest BCUT2D eigenvalue weighted by atomic mass is 9.73. The number of phenols is 1. The van der Waals surface area contributed by atoms with Gasteiger partial charge in [0.15, 0.2) is 5.60 Å². The van der Waals surface area contributed by atoms with Gasteiger partial charge in [0.2, 0.25) is 0 Å². The molecule has 0 radical (unpaired) electrons. The summed E-state index contributed by atoms with van der Waals surface area (Å²) in [6.07, 6.45) is 18.0. The van der Waals surface area contributed by atoms with Gasteiger partial charge in [0.05, 0.1) is 6.61 Å². The molecule has 0 bridgehead atoms. The Balaban J connectivity index is 1.86. The fourth-order valence-electron chi connectivity index (χ4n) is 6.85. The third-order valence-corrected chi connectivity index (χ3v) is 10.6. The van der Waals surface area contributed by atoms with Crippen molar-refractivity contribution in [2.45, 2.75) is 155 Å². The molecule has 8 heteroatoms. The lowest BCUT2D eigenvalue weighted by molar-refractivity contribution is -0.157. The molecule has 1 saturated carbocycles. The molecule has 0 heterocycles. The molecule has 254 valence electrons. The highest BCUT2D eigenvalue weighted by molar-refractivity contribution is 7.47. The zero-order chi connectivity index (χ0) is 32.9. The van der Waals surface area contributed by atoms with Crippen LogP contribution in [-0.2, 0) is 24.8 Å². The summed E-state index contributed by atoms with van der Waals surface area (Å²) in [4.78, 5) is 24.9. The number of allylic oxidation sites excluding steroid dienone is 3. The first-order valence-corrected chi connectivity index (χ1v) is 19.1. The van der Waals surface area contributed by atoms with Gasteiger partial charge in [-0.2, -0.15) is 0 Å². The summed E-state index contributed by atoms with van der Waals surface area (Å²) in [6, 6.07) is 3.66. The Kier molecular flexibility index (Phi) is 15.4. The molecule has 1 aromatic carbocycles. The molecule has 0 amide bonds. The van der Waals surface area contributed by atoms with E-state index in [2.05, 4.69) is 33.4 Å². The van der Waals surface area contributed by atoms with Crippen LogP contribution >= 0.6 is 7.82 Å². The van der Waals surface area contributed by atoms with E-state index >= 15 is 0 Å². The van der Waals surface area contributed by atoms with E-state index < -0.39 is 19.4 Å². The average molecular weight is 647 g/mol. The van der Waals surface area contributed by atoms with Gasteiger partial charge in [-0.05, 0) is 95.2 Å². The van der Waals surface area contributed by atoms with Crippen LogP contribution in [0.2, 0.25) is 0 Å². The standard InChI is InChI=1S/C37H59O7P/c1-6-8-10-11-12-13-18-24-42-45(40,41)44-37(22-16-14-17-23-37)36(39)43-34-27-30(19-15-9-7-2)26-33(38)35(34)32-25-29(5)20-21-31(32)28(3)4/h25-27,31-32,38H,3,6-24H2,1-2,4-5H3,(H,40,41)/t31-,32+/m0/s1. The van der Waals surface area contributed by atoms with E-state index in [1.165, 1.54) is 24.8 Å². The van der Waals surface area contributed by atoms with Gasteiger partial charge < -0.3 is 14.7 Å². The smallest absolute Gasteiger partial charge is 0.473 e. The first-order valence-electron chi connectivity index (χ1n) is 17.6. The first kappa shape index (κ1) is 37.5. The maximum absolute atomic E-state index is 14.1. The molecule has 1 aromatic rings. The quantitative estimate of drug-likeness (QED) is 0.0507. The number of ether oxygens (including phenoxy) is 1. The van der Waals surface area contributed by atoms with Gasteiger partial charge in [-0.15, -0.1) is 0 Å². The molecule has 7 nitrogen and oxygen atoms in total. The minimum absolute atomic E-state index is 0.0839. The maximum atomic E-state index is 14.1. The molecule has 2 aliphatic carbocycles. The van der Waals surface area contributed by atoms with Gasteiger partial charge in [0.25, 0.3) is 0 Å². The second kappa shape index (κ2) is 18.4. The summed E-state index contributed by atoms with van der Waals surface area (Å²) < 4.78 is 30.5.